The molecule has 0 N–H and O–H groups in total. The first-order valence-corrected chi connectivity index (χ1v) is 9.75. The zero-order valence-electron chi connectivity index (χ0n) is 12.8. The van der Waals surface area contributed by atoms with Gasteiger partial charge < -0.3 is 4.42 Å². The van der Waals surface area contributed by atoms with Crippen LogP contribution in [-0.4, -0.2) is 19.7 Å². The molecule has 24 heavy (non-hydrogen) atoms. The predicted molar refractivity (Wildman–Crippen MR) is 96.7 cm³/mol. The highest BCUT2D eigenvalue weighted by molar-refractivity contribution is 7.99. The fraction of sp³-hybridized carbons (Fsp3) is 0.200. The largest absolute Gasteiger partial charge is 0.419 e. The lowest BCUT2D eigenvalue weighted by atomic mass is 10.5. The van der Waals surface area contributed by atoms with Crippen molar-refractivity contribution in [3.8, 4) is 10.8 Å². The first kappa shape index (κ1) is 15.6. The molecular formula is C15H12N4O2S3. The molecule has 0 aromatic carbocycles. The van der Waals surface area contributed by atoms with Crippen molar-refractivity contribution in [2.75, 3.05) is 0 Å². The summed E-state index contributed by atoms with van der Waals surface area (Å²) >= 11 is 4.39. The third-order valence-corrected chi connectivity index (χ3v) is 6.33. The first-order chi connectivity index (χ1) is 11.6. The van der Waals surface area contributed by atoms with E-state index >= 15 is 0 Å². The summed E-state index contributed by atoms with van der Waals surface area (Å²) in [5.74, 6) is 1.03. The van der Waals surface area contributed by atoms with Crippen LogP contribution in [0.1, 0.15) is 18.1 Å². The topological polar surface area (TPSA) is 73.8 Å². The minimum absolute atomic E-state index is 0.0329. The summed E-state index contributed by atoms with van der Waals surface area (Å²) in [6.07, 6.45) is 0. The molecule has 122 valence electrons. The van der Waals surface area contributed by atoms with Gasteiger partial charge in [0.15, 0.2) is 5.16 Å². The van der Waals surface area contributed by atoms with Crippen LogP contribution in [0.25, 0.3) is 21.0 Å². The van der Waals surface area contributed by atoms with Gasteiger partial charge >= 0.3 is 0 Å². The van der Waals surface area contributed by atoms with Crippen LogP contribution in [-0.2, 0) is 7.05 Å². The fourth-order valence-electron chi connectivity index (χ4n) is 2.18. The number of hydrogen-bond acceptors (Lipinski definition) is 8. The molecule has 0 aliphatic rings. The second-order valence-electron chi connectivity index (χ2n) is 5.08. The first-order valence-electron chi connectivity index (χ1n) is 7.11. The quantitative estimate of drug-likeness (QED) is 0.396. The van der Waals surface area contributed by atoms with E-state index in [9.17, 15) is 4.79 Å². The molecule has 0 spiro atoms. The maximum atomic E-state index is 12.4. The van der Waals surface area contributed by atoms with Crippen molar-refractivity contribution >= 4 is 44.7 Å². The van der Waals surface area contributed by atoms with E-state index in [4.69, 9.17) is 4.42 Å². The molecule has 0 aliphatic heterocycles. The highest BCUT2D eigenvalue weighted by atomic mass is 32.2. The predicted octanol–water partition coefficient (Wildman–Crippen LogP) is 3.96. The average molecular weight is 376 g/mol. The van der Waals surface area contributed by atoms with Crippen LogP contribution >= 0.6 is 34.4 Å². The van der Waals surface area contributed by atoms with Gasteiger partial charge in [-0.3, -0.25) is 9.36 Å². The van der Waals surface area contributed by atoms with E-state index in [1.807, 2.05) is 35.9 Å². The van der Waals surface area contributed by atoms with E-state index < -0.39 is 0 Å². The summed E-state index contributed by atoms with van der Waals surface area (Å²) in [6, 6.07) is 5.74. The molecule has 4 rings (SSSR count). The van der Waals surface area contributed by atoms with Gasteiger partial charge in [-0.1, -0.05) is 17.8 Å². The summed E-state index contributed by atoms with van der Waals surface area (Å²) in [5.41, 5.74) is 0.692. The third-order valence-electron chi connectivity index (χ3n) is 3.45. The van der Waals surface area contributed by atoms with Gasteiger partial charge in [-0.05, 0) is 29.8 Å². The summed E-state index contributed by atoms with van der Waals surface area (Å²) < 4.78 is 8.00. The summed E-state index contributed by atoms with van der Waals surface area (Å²) in [7, 11) is 1.73. The lowest BCUT2D eigenvalue weighted by Crippen LogP contribution is -2.19. The van der Waals surface area contributed by atoms with E-state index in [1.165, 1.54) is 23.1 Å². The third kappa shape index (κ3) is 2.68. The molecule has 6 nitrogen and oxygen atoms in total. The number of aromatic nitrogens is 4. The van der Waals surface area contributed by atoms with Gasteiger partial charge in [0.05, 0.1) is 15.6 Å². The maximum Gasteiger partial charge on any atom is 0.271 e. The average Bonchev–Trinajstić information content (AvgIpc) is 3.31. The normalized spacial score (nSPS) is 12.8. The molecule has 0 aliphatic carbocycles. The van der Waals surface area contributed by atoms with Crippen molar-refractivity contribution in [2.45, 2.75) is 17.3 Å². The number of thiophene rings is 2. The van der Waals surface area contributed by atoms with Crippen molar-refractivity contribution in [1.29, 1.82) is 0 Å². The van der Waals surface area contributed by atoms with Crippen molar-refractivity contribution in [3.63, 3.8) is 0 Å². The minimum Gasteiger partial charge on any atom is -0.419 e. The molecule has 1 unspecified atom stereocenters. The zero-order valence-corrected chi connectivity index (χ0v) is 15.2. The highest BCUT2D eigenvalue weighted by Gasteiger charge is 2.19. The molecule has 0 fully saturated rings. The van der Waals surface area contributed by atoms with E-state index in [2.05, 4.69) is 15.2 Å². The van der Waals surface area contributed by atoms with Gasteiger partial charge in [0.1, 0.15) is 4.70 Å². The molecule has 0 radical (unpaired) electrons. The molecule has 0 bridgehead atoms. The summed E-state index contributed by atoms with van der Waals surface area (Å²) in [6.45, 7) is 1.96. The van der Waals surface area contributed by atoms with E-state index in [1.54, 1.807) is 23.0 Å². The standard InChI is InChI=1S/C15H12N4O2S3/c1-8(12-17-18-13(21-12)10-4-3-6-22-10)24-15-16-9-5-7-23-11(9)14(20)19(15)2/h3-8H,1-2H3. The molecule has 4 heterocycles. The fourth-order valence-corrected chi connectivity index (χ4v) is 4.53. The Hall–Kier alpha value is -1.97. The van der Waals surface area contributed by atoms with Crippen LogP contribution in [0.15, 0.2) is 43.3 Å². The Morgan fingerprint density at radius 1 is 1.25 bits per heavy atom. The van der Waals surface area contributed by atoms with Gasteiger partial charge in [0, 0.05) is 7.05 Å². The molecule has 4 aromatic rings. The SMILES string of the molecule is CC(Sc1nc2ccsc2c(=O)n1C)c1nnc(-c2cccs2)o1. The van der Waals surface area contributed by atoms with Crippen LogP contribution < -0.4 is 5.56 Å². The lowest BCUT2D eigenvalue weighted by Gasteiger charge is -2.09. The van der Waals surface area contributed by atoms with Crippen molar-refractivity contribution < 1.29 is 4.42 Å². The Morgan fingerprint density at radius 2 is 2.12 bits per heavy atom. The number of nitrogens with zero attached hydrogens (tertiary/aromatic N) is 4. The Labute approximate surface area is 149 Å². The monoisotopic (exact) mass is 376 g/mol. The van der Waals surface area contributed by atoms with Gasteiger partial charge in [-0.2, -0.15) is 0 Å². The van der Waals surface area contributed by atoms with Crippen molar-refractivity contribution in [2.24, 2.45) is 7.05 Å². The number of fused-ring (bicyclic) bond motifs is 1. The molecular weight excluding hydrogens is 364 g/mol. The maximum absolute atomic E-state index is 12.4. The van der Waals surface area contributed by atoms with Gasteiger partial charge in [0.25, 0.3) is 11.4 Å². The Balaban J connectivity index is 1.63. The molecule has 9 heteroatoms. The minimum atomic E-state index is -0.111. The van der Waals surface area contributed by atoms with Crippen LogP contribution in [0.4, 0.5) is 0 Å². The molecule has 0 saturated carbocycles. The Bertz CT molecular complexity index is 1050. The van der Waals surface area contributed by atoms with Gasteiger partial charge in [-0.25, -0.2) is 4.98 Å². The Kier molecular flexibility index (Phi) is 3.99. The van der Waals surface area contributed by atoms with Crippen LogP contribution in [0.5, 0.6) is 0 Å². The number of rotatable bonds is 4. The summed E-state index contributed by atoms with van der Waals surface area (Å²) in [5, 5.41) is 12.6. The molecule has 1 atom stereocenters. The molecule has 4 aromatic heterocycles. The number of hydrogen-bond donors (Lipinski definition) is 0. The van der Waals surface area contributed by atoms with Gasteiger partial charge in [0.2, 0.25) is 5.89 Å². The molecule has 0 amide bonds. The summed E-state index contributed by atoms with van der Waals surface area (Å²) in [4.78, 5) is 17.9. The second kappa shape index (κ2) is 6.15. The van der Waals surface area contributed by atoms with E-state index in [0.29, 0.717) is 21.6 Å². The smallest absolute Gasteiger partial charge is 0.271 e. The van der Waals surface area contributed by atoms with Crippen molar-refractivity contribution in [1.82, 2.24) is 19.7 Å². The number of thioether (sulfide) groups is 1. The Morgan fingerprint density at radius 3 is 2.92 bits per heavy atom. The highest BCUT2D eigenvalue weighted by Crippen LogP contribution is 2.34. The van der Waals surface area contributed by atoms with Crippen molar-refractivity contribution in [3.05, 3.63) is 45.2 Å². The van der Waals surface area contributed by atoms with E-state index in [-0.39, 0.29) is 10.8 Å². The second-order valence-corrected chi connectivity index (χ2v) is 8.25. The molecule has 0 saturated heterocycles. The van der Waals surface area contributed by atoms with E-state index in [0.717, 1.165) is 10.4 Å². The lowest BCUT2D eigenvalue weighted by molar-refractivity contribution is 0.509. The van der Waals surface area contributed by atoms with Crippen LogP contribution in [0, 0.1) is 0 Å². The van der Waals surface area contributed by atoms with Crippen LogP contribution in [0.2, 0.25) is 0 Å². The zero-order chi connectivity index (χ0) is 16.7. The van der Waals surface area contributed by atoms with Gasteiger partial charge in [-0.15, -0.1) is 32.9 Å². The van der Waals surface area contributed by atoms with Crippen LogP contribution in [0.3, 0.4) is 0 Å².